The Bertz CT molecular complexity index is 983. The van der Waals surface area contributed by atoms with Crippen LogP contribution in [0, 0.1) is 5.92 Å². The SMILES string of the molecule is COc1ccc(N2CC(C(=O)Oc3ccc(N4C(=O)CCC4=O)cc3)CC2=O)cc1. The van der Waals surface area contributed by atoms with E-state index in [1.54, 1.807) is 48.4 Å². The van der Waals surface area contributed by atoms with Gasteiger partial charge in [0, 0.05) is 31.5 Å². The Morgan fingerprint density at radius 2 is 1.40 bits per heavy atom. The number of ether oxygens (including phenoxy) is 2. The maximum atomic E-state index is 12.5. The van der Waals surface area contributed by atoms with E-state index < -0.39 is 11.9 Å². The van der Waals surface area contributed by atoms with E-state index in [9.17, 15) is 19.2 Å². The fraction of sp³-hybridized carbons (Fsp3) is 0.273. The number of rotatable bonds is 5. The van der Waals surface area contributed by atoms with Crippen LogP contribution >= 0.6 is 0 Å². The lowest BCUT2D eigenvalue weighted by Crippen LogP contribution is -2.28. The fourth-order valence-corrected chi connectivity index (χ4v) is 3.60. The van der Waals surface area contributed by atoms with Gasteiger partial charge in [-0.2, -0.15) is 0 Å². The van der Waals surface area contributed by atoms with Crippen molar-refractivity contribution in [1.29, 1.82) is 0 Å². The van der Waals surface area contributed by atoms with Gasteiger partial charge in [-0.3, -0.25) is 24.1 Å². The zero-order valence-corrected chi connectivity index (χ0v) is 16.4. The first kappa shape index (κ1) is 19.6. The van der Waals surface area contributed by atoms with E-state index in [0.717, 1.165) is 4.90 Å². The molecule has 2 aromatic rings. The summed E-state index contributed by atoms with van der Waals surface area (Å²) in [4.78, 5) is 51.2. The molecular weight excluding hydrogens is 388 g/mol. The molecule has 0 aromatic heterocycles. The van der Waals surface area contributed by atoms with Gasteiger partial charge in [0.1, 0.15) is 11.5 Å². The Balaban J connectivity index is 1.39. The van der Waals surface area contributed by atoms with Crippen LogP contribution < -0.4 is 19.3 Å². The number of esters is 1. The number of nitrogens with zero attached hydrogens (tertiary/aromatic N) is 2. The highest BCUT2D eigenvalue weighted by atomic mass is 16.5. The number of anilines is 2. The molecular formula is C22H20N2O6. The minimum Gasteiger partial charge on any atom is -0.497 e. The zero-order valence-electron chi connectivity index (χ0n) is 16.4. The number of carbonyl (C=O) groups excluding carboxylic acids is 4. The van der Waals surface area contributed by atoms with Crippen LogP contribution in [0.5, 0.6) is 11.5 Å². The van der Waals surface area contributed by atoms with Gasteiger partial charge in [-0.15, -0.1) is 0 Å². The molecule has 2 aliphatic rings. The lowest BCUT2D eigenvalue weighted by atomic mass is 10.1. The van der Waals surface area contributed by atoms with Crippen molar-refractivity contribution in [3.63, 3.8) is 0 Å². The van der Waals surface area contributed by atoms with Crippen LogP contribution in [0.4, 0.5) is 11.4 Å². The molecule has 0 bridgehead atoms. The summed E-state index contributed by atoms with van der Waals surface area (Å²) in [5.41, 5.74) is 1.14. The van der Waals surface area contributed by atoms with Crippen molar-refractivity contribution < 1.29 is 28.7 Å². The van der Waals surface area contributed by atoms with E-state index >= 15 is 0 Å². The minimum absolute atomic E-state index is 0.0692. The Kier molecular flexibility index (Phi) is 5.22. The molecule has 8 heteroatoms. The zero-order chi connectivity index (χ0) is 21.3. The summed E-state index contributed by atoms with van der Waals surface area (Å²) < 4.78 is 10.5. The third-order valence-corrected chi connectivity index (χ3v) is 5.21. The molecule has 2 heterocycles. The van der Waals surface area contributed by atoms with Crippen LogP contribution in [-0.4, -0.2) is 37.3 Å². The van der Waals surface area contributed by atoms with E-state index in [4.69, 9.17) is 9.47 Å². The van der Waals surface area contributed by atoms with Crippen molar-refractivity contribution in [2.45, 2.75) is 19.3 Å². The van der Waals surface area contributed by atoms with Crippen LogP contribution in [0.1, 0.15) is 19.3 Å². The third kappa shape index (κ3) is 3.76. The predicted molar refractivity (Wildman–Crippen MR) is 107 cm³/mol. The quantitative estimate of drug-likeness (QED) is 0.428. The normalized spacial score (nSPS) is 18.8. The summed E-state index contributed by atoms with van der Waals surface area (Å²) in [5, 5.41) is 0. The number of methoxy groups -OCH3 is 1. The molecule has 0 radical (unpaired) electrons. The number of benzene rings is 2. The number of carbonyl (C=O) groups is 4. The highest BCUT2D eigenvalue weighted by molar-refractivity contribution is 6.19. The summed E-state index contributed by atoms with van der Waals surface area (Å²) in [6.45, 7) is 0.235. The van der Waals surface area contributed by atoms with Crippen LogP contribution in [0.25, 0.3) is 0 Å². The number of imide groups is 1. The molecule has 0 aliphatic carbocycles. The van der Waals surface area contributed by atoms with Gasteiger partial charge in [0.05, 0.1) is 18.7 Å². The molecule has 8 nitrogen and oxygen atoms in total. The second-order valence-electron chi connectivity index (χ2n) is 7.14. The van der Waals surface area contributed by atoms with Crippen molar-refractivity contribution in [3.8, 4) is 11.5 Å². The van der Waals surface area contributed by atoms with Gasteiger partial charge in [-0.25, -0.2) is 0 Å². The average Bonchev–Trinajstić information content (AvgIpc) is 3.31. The topological polar surface area (TPSA) is 93.2 Å². The van der Waals surface area contributed by atoms with Gasteiger partial charge >= 0.3 is 5.97 Å². The lowest BCUT2D eigenvalue weighted by Gasteiger charge is -2.17. The molecule has 1 atom stereocenters. The van der Waals surface area contributed by atoms with E-state index in [0.29, 0.717) is 17.1 Å². The van der Waals surface area contributed by atoms with E-state index in [1.165, 1.54) is 12.1 Å². The predicted octanol–water partition coefficient (Wildman–Crippen LogP) is 2.31. The molecule has 1 unspecified atom stereocenters. The average molecular weight is 408 g/mol. The fourth-order valence-electron chi connectivity index (χ4n) is 3.60. The number of amides is 3. The molecule has 4 rings (SSSR count). The largest absolute Gasteiger partial charge is 0.497 e. The smallest absolute Gasteiger partial charge is 0.316 e. The van der Waals surface area contributed by atoms with Crippen LogP contribution in [0.2, 0.25) is 0 Å². The first-order valence-corrected chi connectivity index (χ1v) is 9.58. The molecule has 2 aromatic carbocycles. The molecule has 2 aliphatic heterocycles. The Morgan fingerprint density at radius 3 is 2.00 bits per heavy atom. The molecule has 0 saturated carbocycles. The van der Waals surface area contributed by atoms with Crippen molar-refractivity contribution >= 4 is 35.1 Å². The Hall–Kier alpha value is -3.68. The maximum absolute atomic E-state index is 12.5. The Labute approximate surface area is 173 Å². The van der Waals surface area contributed by atoms with E-state index in [1.807, 2.05) is 0 Å². The highest BCUT2D eigenvalue weighted by Crippen LogP contribution is 2.29. The van der Waals surface area contributed by atoms with Gasteiger partial charge < -0.3 is 14.4 Å². The Morgan fingerprint density at radius 1 is 0.833 bits per heavy atom. The van der Waals surface area contributed by atoms with Crippen LogP contribution in [-0.2, 0) is 19.2 Å². The maximum Gasteiger partial charge on any atom is 0.316 e. The molecule has 154 valence electrons. The van der Waals surface area contributed by atoms with Crippen molar-refractivity contribution in [1.82, 2.24) is 0 Å². The van der Waals surface area contributed by atoms with E-state index in [-0.39, 0.29) is 49.3 Å². The second-order valence-corrected chi connectivity index (χ2v) is 7.14. The first-order chi connectivity index (χ1) is 14.5. The van der Waals surface area contributed by atoms with Crippen molar-refractivity contribution in [2.75, 3.05) is 23.5 Å². The lowest BCUT2D eigenvalue weighted by molar-refractivity contribution is -0.139. The summed E-state index contributed by atoms with van der Waals surface area (Å²) in [5.74, 6) is -0.744. The summed E-state index contributed by atoms with van der Waals surface area (Å²) in [6, 6.07) is 13.2. The molecule has 30 heavy (non-hydrogen) atoms. The van der Waals surface area contributed by atoms with Gasteiger partial charge in [-0.05, 0) is 48.5 Å². The number of hydrogen-bond donors (Lipinski definition) is 0. The molecule has 2 fully saturated rings. The minimum atomic E-state index is -0.582. The van der Waals surface area contributed by atoms with Crippen LogP contribution in [0.3, 0.4) is 0 Å². The first-order valence-electron chi connectivity index (χ1n) is 9.58. The van der Waals surface area contributed by atoms with Gasteiger partial charge in [-0.1, -0.05) is 0 Å². The summed E-state index contributed by atoms with van der Waals surface area (Å²) >= 11 is 0. The summed E-state index contributed by atoms with van der Waals surface area (Å²) in [7, 11) is 1.56. The molecule has 0 N–H and O–H groups in total. The van der Waals surface area contributed by atoms with Crippen molar-refractivity contribution in [2.24, 2.45) is 5.92 Å². The molecule has 2 saturated heterocycles. The monoisotopic (exact) mass is 408 g/mol. The number of hydrogen-bond acceptors (Lipinski definition) is 6. The van der Waals surface area contributed by atoms with E-state index in [2.05, 4.69) is 0 Å². The van der Waals surface area contributed by atoms with Gasteiger partial charge in [0.15, 0.2) is 0 Å². The van der Waals surface area contributed by atoms with Crippen LogP contribution in [0.15, 0.2) is 48.5 Å². The highest BCUT2D eigenvalue weighted by Gasteiger charge is 2.36. The molecule has 0 spiro atoms. The standard InChI is InChI=1S/C22H20N2O6/c1-29-17-6-2-15(3-7-17)23-13-14(12-21(23)27)22(28)30-18-8-4-16(5-9-18)24-19(25)10-11-20(24)26/h2-9,14H,10-13H2,1H3. The molecule has 3 amide bonds. The second kappa shape index (κ2) is 7.98. The summed E-state index contributed by atoms with van der Waals surface area (Å²) in [6.07, 6.45) is 0.478. The third-order valence-electron chi connectivity index (χ3n) is 5.21. The van der Waals surface area contributed by atoms with Gasteiger partial charge in [0.2, 0.25) is 17.7 Å². The van der Waals surface area contributed by atoms with Gasteiger partial charge in [0.25, 0.3) is 0 Å². The van der Waals surface area contributed by atoms with Crippen molar-refractivity contribution in [3.05, 3.63) is 48.5 Å².